The van der Waals surface area contributed by atoms with Crippen molar-refractivity contribution in [2.45, 2.75) is 9.79 Å². The summed E-state index contributed by atoms with van der Waals surface area (Å²) in [5, 5.41) is 7.74. The van der Waals surface area contributed by atoms with Gasteiger partial charge in [-0.1, -0.05) is 121 Å². The highest BCUT2D eigenvalue weighted by molar-refractivity contribution is 7.99. The smallest absolute Gasteiger partial charge is 0.0547 e. The molecule has 2 heteroatoms. The van der Waals surface area contributed by atoms with Gasteiger partial charge >= 0.3 is 0 Å². The van der Waals surface area contributed by atoms with E-state index in [1.165, 1.54) is 92.2 Å². The van der Waals surface area contributed by atoms with Crippen LogP contribution in [0.4, 0.5) is 0 Å². The summed E-state index contributed by atoms with van der Waals surface area (Å²) in [6, 6.07) is 60.3. The van der Waals surface area contributed by atoms with E-state index in [1.54, 1.807) is 0 Å². The fourth-order valence-electron chi connectivity index (χ4n) is 7.36. The number of benzene rings is 8. The van der Waals surface area contributed by atoms with Crippen LogP contribution in [0.25, 0.3) is 82.4 Å². The van der Waals surface area contributed by atoms with Gasteiger partial charge in [0, 0.05) is 31.6 Å². The Morgan fingerprint density at radius 3 is 1.87 bits per heavy atom. The molecule has 0 amide bonds. The van der Waals surface area contributed by atoms with Gasteiger partial charge in [0.15, 0.2) is 0 Å². The summed E-state index contributed by atoms with van der Waals surface area (Å²) in [5.74, 6) is 0. The van der Waals surface area contributed by atoms with E-state index in [9.17, 15) is 0 Å². The summed E-state index contributed by atoms with van der Waals surface area (Å²) in [6.45, 7) is 0. The normalized spacial score (nSPS) is 12.3. The average Bonchev–Trinajstić information content (AvgIpc) is 3.43. The maximum Gasteiger partial charge on any atom is 0.0547 e. The largest absolute Gasteiger partial charge is 0.309 e. The van der Waals surface area contributed by atoms with Crippen LogP contribution in [-0.4, -0.2) is 4.57 Å². The summed E-state index contributed by atoms with van der Waals surface area (Å²) in [7, 11) is 0. The molecule has 8 aromatic carbocycles. The number of fused-ring (bicyclic) bond motifs is 6. The molecule has 0 spiro atoms. The third kappa shape index (κ3) is 3.90. The molecule has 1 nitrogen and oxygen atoms in total. The number of para-hydroxylation sites is 1. The van der Waals surface area contributed by atoms with Crippen LogP contribution in [0.3, 0.4) is 0 Å². The molecule has 9 aromatic rings. The number of rotatable bonds is 3. The Bertz CT molecular complexity index is 2660. The third-order valence-corrected chi connectivity index (χ3v) is 10.7. The molecular formula is C44H27NS. The van der Waals surface area contributed by atoms with Gasteiger partial charge in [-0.05, 0) is 104 Å². The minimum absolute atomic E-state index is 1.17. The minimum Gasteiger partial charge on any atom is -0.309 e. The van der Waals surface area contributed by atoms with Crippen LogP contribution in [0.2, 0.25) is 0 Å². The Hall–Kier alpha value is -5.57. The van der Waals surface area contributed by atoms with Gasteiger partial charge in [0.2, 0.25) is 0 Å². The summed E-state index contributed by atoms with van der Waals surface area (Å²) in [4.78, 5) is 2.66. The van der Waals surface area contributed by atoms with Gasteiger partial charge in [0.1, 0.15) is 0 Å². The molecule has 0 unspecified atom stereocenters. The number of hydrogen-bond acceptors (Lipinski definition) is 1. The number of hydrogen-bond donors (Lipinski definition) is 0. The first-order chi connectivity index (χ1) is 22.8. The minimum atomic E-state index is 1.17. The highest BCUT2D eigenvalue weighted by atomic mass is 32.2. The Morgan fingerprint density at radius 1 is 0.370 bits per heavy atom. The molecule has 10 rings (SSSR count). The fourth-order valence-corrected chi connectivity index (χ4v) is 8.49. The van der Waals surface area contributed by atoms with Gasteiger partial charge < -0.3 is 4.57 Å². The Kier molecular flexibility index (Phi) is 5.58. The molecule has 46 heavy (non-hydrogen) atoms. The van der Waals surface area contributed by atoms with Gasteiger partial charge in [0.25, 0.3) is 0 Å². The van der Waals surface area contributed by atoms with Crippen LogP contribution in [0, 0.1) is 0 Å². The van der Waals surface area contributed by atoms with Crippen LogP contribution in [-0.2, 0) is 0 Å². The Morgan fingerprint density at radius 2 is 1.02 bits per heavy atom. The molecule has 0 N–H and O–H groups in total. The van der Waals surface area contributed by atoms with E-state index in [2.05, 4.69) is 168 Å². The summed E-state index contributed by atoms with van der Waals surface area (Å²) < 4.78 is 2.42. The van der Waals surface area contributed by atoms with Crippen LogP contribution in [0.1, 0.15) is 0 Å². The summed E-state index contributed by atoms with van der Waals surface area (Å²) in [5.41, 5.74) is 11.2. The van der Waals surface area contributed by atoms with Crippen molar-refractivity contribution in [3.8, 4) is 39.1 Å². The van der Waals surface area contributed by atoms with Gasteiger partial charge in [-0.15, -0.1) is 0 Å². The molecule has 1 aromatic heterocycles. The number of nitrogens with zero attached hydrogens (tertiary/aromatic N) is 1. The molecule has 0 aliphatic carbocycles. The van der Waals surface area contributed by atoms with Crippen molar-refractivity contribution in [3.05, 3.63) is 164 Å². The maximum absolute atomic E-state index is 2.42. The van der Waals surface area contributed by atoms with Crippen molar-refractivity contribution in [2.75, 3.05) is 0 Å². The predicted octanol–water partition coefficient (Wildman–Crippen LogP) is 12.6. The van der Waals surface area contributed by atoms with E-state index in [-0.39, 0.29) is 0 Å². The maximum atomic E-state index is 2.42. The molecular weight excluding hydrogens is 575 g/mol. The predicted molar refractivity (Wildman–Crippen MR) is 196 cm³/mol. The van der Waals surface area contributed by atoms with Crippen molar-refractivity contribution in [2.24, 2.45) is 0 Å². The van der Waals surface area contributed by atoms with Crippen molar-refractivity contribution >= 4 is 55.1 Å². The first kappa shape index (κ1) is 25.7. The SMILES string of the molecule is c1ccc(-n2c3cc(-c4cccc(-c5ccc6c(c5)-c5cccc7cccc(c57)S6)c4)ccc3c3cc4ccccc4cc32)cc1. The van der Waals surface area contributed by atoms with Crippen LogP contribution in [0.15, 0.2) is 174 Å². The topological polar surface area (TPSA) is 4.93 Å². The van der Waals surface area contributed by atoms with E-state index in [0.29, 0.717) is 0 Å². The summed E-state index contributed by atoms with van der Waals surface area (Å²) in [6.07, 6.45) is 0. The van der Waals surface area contributed by atoms with Gasteiger partial charge in [-0.25, -0.2) is 0 Å². The highest BCUT2D eigenvalue weighted by Gasteiger charge is 2.20. The van der Waals surface area contributed by atoms with E-state index >= 15 is 0 Å². The molecule has 1 aliphatic heterocycles. The number of aromatic nitrogens is 1. The zero-order chi connectivity index (χ0) is 30.2. The second-order valence-electron chi connectivity index (χ2n) is 12.2. The van der Waals surface area contributed by atoms with Crippen molar-refractivity contribution in [3.63, 3.8) is 0 Å². The monoisotopic (exact) mass is 601 g/mol. The van der Waals surface area contributed by atoms with E-state index < -0.39 is 0 Å². The van der Waals surface area contributed by atoms with Gasteiger partial charge in [0.05, 0.1) is 11.0 Å². The average molecular weight is 602 g/mol. The summed E-state index contributed by atoms with van der Waals surface area (Å²) >= 11 is 1.88. The van der Waals surface area contributed by atoms with Gasteiger partial charge in [-0.3, -0.25) is 0 Å². The van der Waals surface area contributed by atoms with Crippen LogP contribution in [0.5, 0.6) is 0 Å². The standard InChI is InChI=1S/C44H27NS/c1-2-15-35(16-3-1)45-40-27-34(19-21-36(40)38-24-31-9-4-5-10-32(31)26-41(38)45)30-14-6-13-29(23-30)33-20-22-42-39(25-33)37-17-7-11-28-12-8-18-43(46-42)44(28)37/h1-27H. The van der Waals surface area contributed by atoms with Crippen molar-refractivity contribution in [1.82, 2.24) is 4.57 Å². The van der Waals surface area contributed by atoms with E-state index in [0.717, 1.165) is 0 Å². The lowest BCUT2D eigenvalue weighted by molar-refractivity contribution is 1.18. The lowest BCUT2D eigenvalue weighted by Crippen LogP contribution is -1.94. The Labute approximate surface area is 271 Å². The lowest BCUT2D eigenvalue weighted by Gasteiger charge is -2.21. The van der Waals surface area contributed by atoms with E-state index in [1.807, 2.05) is 11.8 Å². The second kappa shape index (κ2) is 9.97. The first-order valence-corrected chi connectivity index (χ1v) is 16.6. The molecule has 0 saturated heterocycles. The molecule has 0 radical (unpaired) electrons. The fraction of sp³-hybridized carbons (Fsp3) is 0. The Balaban J connectivity index is 1.13. The van der Waals surface area contributed by atoms with Crippen LogP contribution < -0.4 is 0 Å². The molecule has 214 valence electrons. The molecule has 0 fully saturated rings. The zero-order valence-electron chi connectivity index (χ0n) is 24.9. The van der Waals surface area contributed by atoms with Crippen molar-refractivity contribution in [1.29, 1.82) is 0 Å². The molecule has 1 aliphatic rings. The van der Waals surface area contributed by atoms with Crippen LogP contribution >= 0.6 is 11.8 Å². The second-order valence-corrected chi connectivity index (χ2v) is 13.3. The lowest BCUT2D eigenvalue weighted by atomic mass is 9.93. The molecule has 2 heterocycles. The van der Waals surface area contributed by atoms with E-state index in [4.69, 9.17) is 0 Å². The first-order valence-electron chi connectivity index (χ1n) is 15.8. The molecule has 0 bridgehead atoms. The molecule has 0 saturated carbocycles. The van der Waals surface area contributed by atoms with Gasteiger partial charge in [-0.2, -0.15) is 0 Å². The highest BCUT2D eigenvalue weighted by Crippen LogP contribution is 2.49. The zero-order valence-corrected chi connectivity index (χ0v) is 25.8. The van der Waals surface area contributed by atoms with Crippen molar-refractivity contribution < 1.29 is 0 Å². The molecule has 0 atom stereocenters. The quantitative estimate of drug-likeness (QED) is 0.195. The third-order valence-electron chi connectivity index (χ3n) is 9.53.